The zero-order valence-corrected chi connectivity index (χ0v) is 9.20. The van der Waals surface area contributed by atoms with E-state index in [1.165, 1.54) is 12.4 Å². The second-order valence-corrected chi connectivity index (χ2v) is 4.10. The Balaban J connectivity index is 2.00. The molecule has 1 aromatic heterocycles. The maximum atomic E-state index is 10.5. The SMILES string of the molecule is COC1CCC(n2cc([N+](=O)[O-])cn2)CC1. The van der Waals surface area contributed by atoms with Crippen LogP contribution in [0.4, 0.5) is 5.69 Å². The third-order valence-corrected chi connectivity index (χ3v) is 3.15. The maximum Gasteiger partial charge on any atom is 0.307 e. The lowest BCUT2D eigenvalue weighted by Gasteiger charge is -2.27. The Hall–Kier alpha value is -1.43. The zero-order valence-electron chi connectivity index (χ0n) is 9.20. The molecule has 6 nitrogen and oxygen atoms in total. The van der Waals surface area contributed by atoms with Crippen molar-refractivity contribution >= 4 is 5.69 Å². The van der Waals surface area contributed by atoms with Gasteiger partial charge in [-0.1, -0.05) is 0 Å². The molecular weight excluding hydrogens is 210 g/mol. The average Bonchev–Trinajstić information content (AvgIpc) is 2.78. The minimum atomic E-state index is -0.412. The van der Waals surface area contributed by atoms with Crippen LogP contribution in [0.2, 0.25) is 0 Å². The van der Waals surface area contributed by atoms with Gasteiger partial charge in [0, 0.05) is 7.11 Å². The van der Waals surface area contributed by atoms with Crippen molar-refractivity contribution in [1.82, 2.24) is 9.78 Å². The van der Waals surface area contributed by atoms with Gasteiger partial charge < -0.3 is 4.74 Å². The largest absolute Gasteiger partial charge is 0.381 e. The summed E-state index contributed by atoms with van der Waals surface area (Å²) in [6.07, 6.45) is 7.08. The molecule has 88 valence electrons. The zero-order chi connectivity index (χ0) is 11.5. The highest BCUT2D eigenvalue weighted by Gasteiger charge is 2.23. The molecule has 0 aliphatic heterocycles. The molecule has 6 heteroatoms. The van der Waals surface area contributed by atoms with Crippen LogP contribution in [0.5, 0.6) is 0 Å². The van der Waals surface area contributed by atoms with Crippen LogP contribution in [-0.4, -0.2) is 27.9 Å². The van der Waals surface area contributed by atoms with E-state index < -0.39 is 4.92 Å². The minimum Gasteiger partial charge on any atom is -0.381 e. The number of ether oxygens (including phenoxy) is 1. The molecule has 0 N–H and O–H groups in total. The Morgan fingerprint density at radius 2 is 2.19 bits per heavy atom. The summed E-state index contributed by atoms with van der Waals surface area (Å²) in [5.41, 5.74) is 0.0638. The molecule has 0 aromatic carbocycles. The van der Waals surface area contributed by atoms with Crippen LogP contribution in [0.3, 0.4) is 0 Å². The van der Waals surface area contributed by atoms with Crippen LogP contribution in [0.25, 0.3) is 0 Å². The van der Waals surface area contributed by atoms with Crippen LogP contribution < -0.4 is 0 Å². The molecule has 1 saturated carbocycles. The van der Waals surface area contributed by atoms with Crippen LogP contribution in [0.15, 0.2) is 12.4 Å². The molecule has 0 radical (unpaired) electrons. The van der Waals surface area contributed by atoms with Gasteiger partial charge in [-0.15, -0.1) is 0 Å². The quantitative estimate of drug-likeness (QED) is 0.582. The predicted molar refractivity (Wildman–Crippen MR) is 57.2 cm³/mol. The van der Waals surface area contributed by atoms with E-state index in [4.69, 9.17) is 4.74 Å². The van der Waals surface area contributed by atoms with E-state index in [1.54, 1.807) is 11.8 Å². The van der Waals surface area contributed by atoms with Gasteiger partial charge >= 0.3 is 5.69 Å². The normalized spacial score (nSPS) is 25.6. The molecule has 0 spiro atoms. The number of nitrogens with zero attached hydrogens (tertiary/aromatic N) is 3. The highest BCUT2D eigenvalue weighted by molar-refractivity contribution is 5.21. The Morgan fingerprint density at radius 3 is 2.69 bits per heavy atom. The fraction of sp³-hybridized carbons (Fsp3) is 0.700. The molecule has 2 rings (SSSR count). The highest BCUT2D eigenvalue weighted by atomic mass is 16.6. The fourth-order valence-corrected chi connectivity index (χ4v) is 2.17. The molecule has 1 aliphatic carbocycles. The third-order valence-electron chi connectivity index (χ3n) is 3.15. The average molecular weight is 225 g/mol. The van der Waals surface area contributed by atoms with Gasteiger partial charge in [0.1, 0.15) is 12.4 Å². The van der Waals surface area contributed by atoms with Gasteiger partial charge in [0.15, 0.2) is 0 Å². The Labute approximate surface area is 93.4 Å². The molecule has 0 amide bonds. The lowest BCUT2D eigenvalue weighted by atomic mass is 9.93. The Kier molecular flexibility index (Phi) is 3.19. The standard InChI is InChI=1S/C10H15N3O3/c1-16-10-4-2-8(3-5-10)12-7-9(6-11-12)13(14)15/h6-8,10H,2-5H2,1H3. The van der Waals surface area contributed by atoms with Gasteiger partial charge in [0.2, 0.25) is 0 Å². The first-order valence-electron chi connectivity index (χ1n) is 5.42. The number of rotatable bonds is 3. The van der Waals surface area contributed by atoms with Gasteiger partial charge in [-0.3, -0.25) is 14.8 Å². The summed E-state index contributed by atoms with van der Waals surface area (Å²) in [7, 11) is 1.73. The van der Waals surface area contributed by atoms with Gasteiger partial charge in [-0.2, -0.15) is 5.10 Å². The molecule has 16 heavy (non-hydrogen) atoms. The second kappa shape index (κ2) is 4.61. The van der Waals surface area contributed by atoms with E-state index in [0.29, 0.717) is 6.10 Å². The number of hydrogen-bond donors (Lipinski definition) is 0. The van der Waals surface area contributed by atoms with E-state index >= 15 is 0 Å². The van der Waals surface area contributed by atoms with Gasteiger partial charge in [0.05, 0.1) is 17.1 Å². The molecule has 1 heterocycles. The highest BCUT2D eigenvalue weighted by Crippen LogP contribution is 2.29. The summed E-state index contributed by atoms with van der Waals surface area (Å²) in [6, 6.07) is 0.278. The third kappa shape index (κ3) is 2.21. The molecule has 0 unspecified atom stereocenters. The summed E-state index contributed by atoms with van der Waals surface area (Å²) in [5, 5.41) is 14.6. The van der Waals surface area contributed by atoms with Crippen molar-refractivity contribution in [3.05, 3.63) is 22.5 Å². The molecule has 1 aromatic rings. The summed E-state index contributed by atoms with van der Waals surface area (Å²) in [5.74, 6) is 0. The monoisotopic (exact) mass is 225 g/mol. The summed E-state index contributed by atoms with van der Waals surface area (Å²) >= 11 is 0. The van der Waals surface area contributed by atoms with Crippen LogP contribution in [0.1, 0.15) is 31.7 Å². The summed E-state index contributed by atoms with van der Waals surface area (Å²) < 4.78 is 6.99. The van der Waals surface area contributed by atoms with Gasteiger partial charge in [-0.05, 0) is 25.7 Å². The predicted octanol–water partition coefficient (Wildman–Crippen LogP) is 1.92. The van der Waals surface area contributed by atoms with E-state index in [2.05, 4.69) is 5.10 Å². The van der Waals surface area contributed by atoms with E-state index in [0.717, 1.165) is 25.7 Å². The number of nitro groups is 1. The van der Waals surface area contributed by atoms with Crippen LogP contribution >= 0.6 is 0 Å². The first-order chi connectivity index (χ1) is 7.70. The van der Waals surface area contributed by atoms with Crippen molar-refractivity contribution in [3.8, 4) is 0 Å². The topological polar surface area (TPSA) is 70.2 Å². The minimum absolute atomic E-state index is 0.0638. The Morgan fingerprint density at radius 1 is 1.50 bits per heavy atom. The Bertz CT molecular complexity index is 369. The number of aromatic nitrogens is 2. The van der Waals surface area contributed by atoms with Crippen LogP contribution in [-0.2, 0) is 4.74 Å². The van der Waals surface area contributed by atoms with Gasteiger partial charge in [-0.25, -0.2) is 0 Å². The molecule has 0 saturated heterocycles. The summed E-state index contributed by atoms with van der Waals surface area (Å²) in [4.78, 5) is 10.1. The molecule has 0 atom stereocenters. The van der Waals surface area contributed by atoms with E-state index in [-0.39, 0.29) is 11.7 Å². The number of methoxy groups -OCH3 is 1. The van der Waals surface area contributed by atoms with E-state index in [9.17, 15) is 10.1 Å². The van der Waals surface area contributed by atoms with Crippen molar-refractivity contribution in [2.75, 3.05) is 7.11 Å². The number of hydrogen-bond acceptors (Lipinski definition) is 4. The van der Waals surface area contributed by atoms with E-state index in [1.807, 2.05) is 0 Å². The first-order valence-corrected chi connectivity index (χ1v) is 5.42. The molecular formula is C10H15N3O3. The lowest BCUT2D eigenvalue weighted by molar-refractivity contribution is -0.385. The van der Waals surface area contributed by atoms with Gasteiger partial charge in [0.25, 0.3) is 0 Å². The molecule has 1 aliphatic rings. The fourth-order valence-electron chi connectivity index (χ4n) is 2.17. The van der Waals surface area contributed by atoms with Crippen molar-refractivity contribution in [2.24, 2.45) is 0 Å². The molecule has 1 fully saturated rings. The first kappa shape index (κ1) is 11.1. The second-order valence-electron chi connectivity index (χ2n) is 4.10. The maximum absolute atomic E-state index is 10.5. The smallest absolute Gasteiger partial charge is 0.307 e. The lowest BCUT2D eigenvalue weighted by Crippen LogP contribution is -2.22. The van der Waals surface area contributed by atoms with Crippen molar-refractivity contribution < 1.29 is 9.66 Å². The summed E-state index contributed by atoms with van der Waals surface area (Å²) in [6.45, 7) is 0. The van der Waals surface area contributed by atoms with Crippen molar-refractivity contribution in [3.63, 3.8) is 0 Å². The van der Waals surface area contributed by atoms with Crippen LogP contribution in [0, 0.1) is 10.1 Å². The van der Waals surface area contributed by atoms with Crippen molar-refractivity contribution in [1.29, 1.82) is 0 Å². The molecule has 0 bridgehead atoms. The van der Waals surface area contributed by atoms with Crippen molar-refractivity contribution in [2.45, 2.75) is 37.8 Å².